The molecule has 6 nitrogen and oxygen atoms in total. The molecule has 1 aliphatic heterocycles. The van der Waals surface area contributed by atoms with Crippen LogP contribution in [0.25, 0.3) is 0 Å². The first kappa shape index (κ1) is 19.4. The largest absolute Gasteiger partial charge is 0.467 e. The first-order valence-corrected chi connectivity index (χ1v) is 9.18. The topological polar surface area (TPSA) is 72.1 Å². The average Bonchev–Trinajstić information content (AvgIpc) is 3.34. The Kier molecular flexibility index (Phi) is 4.99. The van der Waals surface area contributed by atoms with Crippen LogP contribution in [0.5, 0.6) is 0 Å². The molecule has 2 atom stereocenters. The molecule has 0 unspecified atom stereocenters. The molecular formula is C19H16ClF3N4O2. The summed E-state index contributed by atoms with van der Waals surface area (Å²) in [4.78, 5) is 12.4. The molecule has 1 aromatic carbocycles. The number of amides is 1. The number of rotatable bonds is 4. The van der Waals surface area contributed by atoms with Gasteiger partial charge in [-0.15, -0.1) is 0 Å². The Bertz CT molecular complexity index is 1000. The molecule has 0 bridgehead atoms. The molecule has 0 aliphatic carbocycles. The van der Waals surface area contributed by atoms with E-state index in [0.29, 0.717) is 16.3 Å². The highest BCUT2D eigenvalue weighted by molar-refractivity contribution is 6.30. The number of fused-ring (bicyclic) bond motifs is 1. The van der Waals surface area contributed by atoms with E-state index in [1.54, 1.807) is 36.4 Å². The molecule has 1 amide bonds. The lowest BCUT2D eigenvalue weighted by Gasteiger charge is -2.33. The molecule has 0 saturated heterocycles. The molecule has 0 saturated carbocycles. The van der Waals surface area contributed by atoms with Gasteiger partial charge in [0, 0.05) is 17.5 Å². The van der Waals surface area contributed by atoms with Crippen molar-refractivity contribution in [1.82, 2.24) is 15.1 Å². The molecule has 152 valence electrons. The average molecular weight is 425 g/mol. The SMILES string of the molecule is O=C(NCc1ccco1)c1cc2n(n1)[C@@H](C(F)(F)F)C[C@@H](c1ccc(Cl)cc1)N2. The van der Waals surface area contributed by atoms with E-state index in [9.17, 15) is 18.0 Å². The highest BCUT2D eigenvalue weighted by Crippen LogP contribution is 2.43. The van der Waals surface area contributed by atoms with E-state index >= 15 is 0 Å². The van der Waals surface area contributed by atoms with Crippen molar-refractivity contribution in [3.8, 4) is 0 Å². The van der Waals surface area contributed by atoms with Crippen LogP contribution in [0.2, 0.25) is 5.02 Å². The van der Waals surface area contributed by atoms with Gasteiger partial charge in [0.2, 0.25) is 0 Å². The number of benzene rings is 1. The first-order valence-electron chi connectivity index (χ1n) is 8.80. The zero-order chi connectivity index (χ0) is 20.6. The molecule has 0 spiro atoms. The number of halogens is 4. The predicted octanol–water partition coefficient (Wildman–Crippen LogP) is 4.72. The lowest BCUT2D eigenvalue weighted by Crippen LogP contribution is -2.35. The number of hydrogen-bond donors (Lipinski definition) is 2. The van der Waals surface area contributed by atoms with Crippen molar-refractivity contribution in [1.29, 1.82) is 0 Å². The Morgan fingerprint density at radius 2 is 2.07 bits per heavy atom. The molecule has 2 N–H and O–H groups in total. The minimum Gasteiger partial charge on any atom is -0.467 e. The zero-order valence-corrected chi connectivity index (χ0v) is 15.7. The van der Waals surface area contributed by atoms with Gasteiger partial charge >= 0.3 is 6.18 Å². The van der Waals surface area contributed by atoms with Crippen LogP contribution in [0.4, 0.5) is 19.0 Å². The second kappa shape index (κ2) is 7.47. The Labute approximate surface area is 168 Å². The van der Waals surface area contributed by atoms with Gasteiger partial charge in [-0.1, -0.05) is 23.7 Å². The van der Waals surface area contributed by atoms with Gasteiger partial charge in [0.1, 0.15) is 11.6 Å². The summed E-state index contributed by atoms with van der Waals surface area (Å²) in [7, 11) is 0. The fourth-order valence-electron chi connectivity index (χ4n) is 3.27. The van der Waals surface area contributed by atoms with E-state index in [0.717, 1.165) is 4.68 Å². The summed E-state index contributed by atoms with van der Waals surface area (Å²) in [5, 5.41) is 10.0. The number of anilines is 1. The number of hydrogen-bond acceptors (Lipinski definition) is 4. The number of nitrogens with one attached hydrogen (secondary N) is 2. The van der Waals surface area contributed by atoms with Crippen LogP contribution >= 0.6 is 11.6 Å². The maximum atomic E-state index is 13.7. The van der Waals surface area contributed by atoms with Gasteiger partial charge in [0.05, 0.1) is 18.8 Å². The van der Waals surface area contributed by atoms with E-state index in [-0.39, 0.29) is 24.5 Å². The van der Waals surface area contributed by atoms with Gasteiger partial charge in [0.25, 0.3) is 5.91 Å². The Hall–Kier alpha value is -2.94. The normalized spacial score (nSPS) is 18.8. The summed E-state index contributed by atoms with van der Waals surface area (Å²) in [6, 6.07) is 8.82. The minimum atomic E-state index is -4.52. The first-order chi connectivity index (χ1) is 13.8. The number of furan rings is 1. The van der Waals surface area contributed by atoms with Gasteiger partial charge in [-0.3, -0.25) is 4.79 Å². The van der Waals surface area contributed by atoms with E-state index < -0.39 is 24.2 Å². The van der Waals surface area contributed by atoms with Crippen LogP contribution in [-0.4, -0.2) is 21.9 Å². The van der Waals surface area contributed by atoms with Gasteiger partial charge in [0.15, 0.2) is 11.7 Å². The van der Waals surface area contributed by atoms with Crippen molar-refractivity contribution < 1.29 is 22.4 Å². The lowest BCUT2D eigenvalue weighted by molar-refractivity contribution is -0.173. The van der Waals surface area contributed by atoms with Crippen LogP contribution < -0.4 is 10.6 Å². The van der Waals surface area contributed by atoms with Crippen molar-refractivity contribution in [3.63, 3.8) is 0 Å². The van der Waals surface area contributed by atoms with Crippen LogP contribution in [0, 0.1) is 0 Å². The van der Waals surface area contributed by atoms with Crippen molar-refractivity contribution in [2.24, 2.45) is 0 Å². The highest BCUT2D eigenvalue weighted by Gasteiger charge is 2.46. The Balaban J connectivity index is 1.59. The van der Waals surface area contributed by atoms with Crippen LogP contribution in [0.3, 0.4) is 0 Å². The molecular weight excluding hydrogens is 409 g/mol. The summed E-state index contributed by atoms with van der Waals surface area (Å²) in [6.07, 6.45) is -3.31. The molecule has 29 heavy (non-hydrogen) atoms. The molecule has 2 aromatic heterocycles. The quantitative estimate of drug-likeness (QED) is 0.635. The summed E-state index contributed by atoms with van der Waals surface area (Å²) >= 11 is 5.87. The number of alkyl halides is 3. The second-order valence-corrected chi connectivity index (χ2v) is 7.10. The summed E-state index contributed by atoms with van der Waals surface area (Å²) < 4.78 is 47.0. The van der Waals surface area contributed by atoms with Gasteiger partial charge < -0.3 is 15.1 Å². The smallest absolute Gasteiger partial charge is 0.410 e. The Morgan fingerprint density at radius 3 is 2.72 bits per heavy atom. The predicted molar refractivity (Wildman–Crippen MR) is 99.6 cm³/mol. The molecule has 1 aliphatic rings. The standard InChI is InChI=1S/C19H16ClF3N4O2/c20-12-5-3-11(4-6-12)14-8-16(19(21,22)23)27-17(25-14)9-15(26-27)18(28)24-10-13-2-1-7-29-13/h1-7,9,14,16,25H,8,10H2,(H,24,28)/t14-,16+/m0/s1. The van der Waals surface area contributed by atoms with Crippen molar-refractivity contribution in [2.75, 3.05) is 5.32 Å². The van der Waals surface area contributed by atoms with Crippen LogP contribution in [0.1, 0.15) is 40.3 Å². The van der Waals surface area contributed by atoms with Crippen LogP contribution in [0.15, 0.2) is 53.1 Å². The van der Waals surface area contributed by atoms with Gasteiger partial charge in [-0.25, -0.2) is 4.68 Å². The van der Waals surface area contributed by atoms with Crippen molar-refractivity contribution >= 4 is 23.3 Å². The summed E-state index contributed by atoms with van der Waals surface area (Å²) in [6.45, 7) is 0.109. The third kappa shape index (κ3) is 4.09. The van der Waals surface area contributed by atoms with Gasteiger partial charge in [-0.05, 0) is 29.8 Å². The molecule has 3 aromatic rings. The molecule has 0 fully saturated rings. The monoisotopic (exact) mass is 424 g/mol. The molecule has 4 rings (SSSR count). The fourth-order valence-corrected chi connectivity index (χ4v) is 3.40. The van der Waals surface area contributed by atoms with Gasteiger partial charge in [-0.2, -0.15) is 18.3 Å². The Morgan fingerprint density at radius 1 is 1.31 bits per heavy atom. The second-order valence-electron chi connectivity index (χ2n) is 6.66. The van der Waals surface area contributed by atoms with Crippen molar-refractivity contribution in [2.45, 2.75) is 31.2 Å². The third-order valence-corrected chi connectivity index (χ3v) is 4.95. The number of carbonyl (C=O) groups is 1. The number of carbonyl (C=O) groups excluding carboxylic acids is 1. The fraction of sp³-hybridized carbons (Fsp3) is 0.263. The van der Waals surface area contributed by atoms with E-state index in [2.05, 4.69) is 15.7 Å². The van der Waals surface area contributed by atoms with Crippen molar-refractivity contribution in [3.05, 3.63) is 70.8 Å². The van der Waals surface area contributed by atoms with E-state index in [1.165, 1.54) is 12.3 Å². The number of nitrogens with zero attached hydrogens (tertiary/aromatic N) is 2. The number of aromatic nitrogens is 2. The van der Waals surface area contributed by atoms with Crippen LogP contribution in [-0.2, 0) is 6.54 Å². The zero-order valence-electron chi connectivity index (χ0n) is 14.9. The lowest BCUT2D eigenvalue weighted by atomic mass is 9.97. The third-order valence-electron chi connectivity index (χ3n) is 4.70. The summed E-state index contributed by atoms with van der Waals surface area (Å²) in [5.74, 6) is 0.0622. The molecule has 10 heteroatoms. The summed E-state index contributed by atoms with van der Waals surface area (Å²) in [5.41, 5.74) is 0.560. The maximum Gasteiger partial charge on any atom is 0.410 e. The molecule has 0 radical (unpaired) electrons. The maximum absolute atomic E-state index is 13.7. The minimum absolute atomic E-state index is 0.106. The van der Waals surface area contributed by atoms with E-state index in [4.69, 9.17) is 16.0 Å². The molecule has 3 heterocycles. The van der Waals surface area contributed by atoms with E-state index in [1.807, 2.05) is 0 Å². The highest BCUT2D eigenvalue weighted by atomic mass is 35.5.